The maximum Gasteiger partial charge on any atom is 0.251 e. The number of pyridine rings is 1. The molecule has 0 unspecified atom stereocenters. The minimum atomic E-state index is -1.47. The summed E-state index contributed by atoms with van der Waals surface area (Å²) in [5, 5.41) is 42.8. The van der Waals surface area contributed by atoms with E-state index in [1.54, 1.807) is 36.7 Å². The number of aliphatic hydroxyl groups excluding tert-OH is 4. The minimum Gasteiger partial charge on any atom is -0.394 e. The molecule has 2 aromatic heterocycles. The summed E-state index contributed by atoms with van der Waals surface area (Å²) in [6.07, 6.45) is -2.96. The van der Waals surface area contributed by atoms with Crippen molar-refractivity contribution < 1.29 is 30.0 Å². The zero-order valence-corrected chi connectivity index (χ0v) is 16.6. The standard InChI is InChI=1S/C20H21N3O6S/c24-9-13-15(25)16(26)17(27)18(29-13)20-23-12-6-11(3-4-14(12)30-20)19(28)22-8-10-2-1-5-21-7-10/h1-7,13,15-18,24-27H,8-9H2,(H,22,28)/t13-,15+,16+,17-,18-/m1/s1. The summed E-state index contributed by atoms with van der Waals surface area (Å²) in [6, 6.07) is 8.72. The maximum absolute atomic E-state index is 12.5. The van der Waals surface area contributed by atoms with Gasteiger partial charge < -0.3 is 30.5 Å². The fourth-order valence-electron chi connectivity index (χ4n) is 3.30. The number of fused-ring (bicyclic) bond motifs is 1. The van der Waals surface area contributed by atoms with Crippen molar-refractivity contribution in [3.05, 3.63) is 58.9 Å². The summed E-state index contributed by atoms with van der Waals surface area (Å²) in [4.78, 5) is 20.9. The Morgan fingerprint density at radius 1 is 1.17 bits per heavy atom. The molecule has 0 aliphatic carbocycles. The summed E-state index contributed by atoms with van der Waals surface area (Å²) >= 11 is 1.24. The molecule has 0 spiro atoms. The Morgan fingerprint density at radius 3 is 2.73 bits per heavy atom. The highest BCUT2D eigenvalue weighted by Crippen LogP contribution is 2.36. The van der Waals surface area contributed by atoms with E-state index in [9.17, 15) is 25.2 Å². The van der Waals surface area contributed by atoms with Crippen LogP contribution in [-0.2, 0) is 11.3 Å². The fraction of sp³-hybridized carbons (Fsp3) is 0.350. The Morgan fingerprint density at radius 2 is 2.00 bits per heavy atom. The second kappa shape index (κ2) is 8.72. The highest BCUT2D eigenvalue weighted by Gasteiger charge is 2.45. The monoisotopic (exact) mass is 431 g/mol. The molecular formula is C20H21N3O6S. The van der Waals surface area contributed by atoms with Gasteiger partial charge in [-0.3, -0.25) is 9.78 Å². The first-order valence-electron chi connectivity index (χ1n) is 9.36. The molecule has 1 amide bonds. The number of amides is 1. The predicted octanol–water partition coefficient (Wildman–Crippen LogP) is 0.136. The third-order valence-electron chi connectivity index (χ3n) is 4.98. The van der Waals surface area contributed by atoms with E-state index in [4.69, 9.17) is 4.74 Å². The van der Waals surface area contributed by atoms with Crippen LogP contribution in [0.5, 0.6) is 0 Å². The van der Waals surface area contributed by atoms with Gasteiger partial charge in [0.15, 0.2) is 0 Å². The molecule has 0 radical (unpaired) electrons. The van der Waals surface area contributed by atoms with E-state index in [1.165, 1.54) is 11.3 Å². The minimum absolute atomic E-state index is 0.261. The molecule has 1 aromatic carbocycles. The van der Waals surface area contributed by atoms with Gasteiger partial charge in [-0.25, -0.2) is 4.98 Å². The number of nitrogens with one attached hydrogen (secondary N) is 1. The lowest BCUT2D eigenvalue weighted by Gasteiger charge is -2.39. The zero-order chi connectivity index (χ0) is 21.3. The first-order chi connectivity index (χ1) is 14.5. The molecule has 30 heavy (non-hydrogen) atoms. The van der Waals surface area contributed by atoms with Crippen molar-refractivity contribution in [1.82, 2.24) is 15.3 Å². The third kappa shape index (κ3) is 4.06. The van der Waals surface area contributed by atoms with Crippen LogP contribution in [0.1, 0.15) is 27.0 Å². The number of carbonyl (C=O) groups is 1. The van der Waals surface area contributed by atoms with Crippen molar-refractivity contribution in [3.8, 4) is 0 Å². The van der Waals surface area contributed by atoms with E-state index in [0.29, 0.717) is 22.6 Å². The van der Waals surface area contributed by atoms with Crippen LogP contribution in [0.25, 0.3) is 10.2 Å². The summed E-state index contributed by atoms with van der Waals surface area (Å²) in [7, 11) is 0. The van der Waals surface area contributed by atoms with E-state index in [2.05, 4.69) is 15.3 Å². The quantitative estimate of drug-likeness (QED) is 0.384. The van der Waals surface area contributed by atoms with Gasteiger partial charge in [-0.05, 0) is 29.8 Å². The Bertz CT molecular complexity index is 1030. The average molecular weight is 431 g/mol. The molecule has 5 atom stereocenters. The number of nitrogens with zero attached hydrogens (tertiary/aromatic N) is 2. The van der Waals surface area contributed by atoms with Crippen LogP contribution in [0.2, 0.25) is 0 Å². The molecule has 3 aromatic rings. The second-order valence-electron chi connectivity index (χ2n) is 7.03. The SMILES string of the molecule is O=C(NCc1cccnc1)c1ccc2sc([C@@H]3O[C@H](CO)[C@H](O)[C@H](O)[C@H]3O)nc2c1. The van der Waals surface area contributed by atoms with Crippen molar-refractivity contribution in [3.63, 3.8) is 0 Å². The number of aromatic nitrogens is 2. The van der Waals surface area contributed by atoms with Crippen LogP contribution >= 0.6 is 11.3 Å². The number of ether oxygens (including phenoxy) is 1. The number of benzene rings is 1. The number of aliphatic hydroxyl groups is 4. The Hall–Kier alpha value is -2.47. The van der Waals surface area contributed by atoms with Gasteiger partial charge in [0.05, 0.1) is 16.8 Å². The van der Waals surface area contributed by atoms with Crippen molar-refractivity contribution in [2.75, 3.05) is 6.61 Å². The summed E-state index contributed by atoms with van der Waals surface area (Å²) in [5.41, 5.74) is 1.85. The van der Waals surface area contributed by atoms with Crippen molar-refractivity contribution in [1.29, 1.82) is 0 Å². The second-order valence-corrected chi connectivity index (χ2v) is 8.09. The van der Waals surface area contributed by atoms with Crippen molar-refractivity contribution in [2.45, 2.75) is 37.1 Å². The van der Waals surface area contributed by atoms with E-state index in [1.807, 2.05) is 6.07 Å². The van der Waals surface area contributed by atoms with Crippen LogP contribution in [0.4, 0.5) is 0 Å². The predicted molar refractivity (Wildman–Crippen MR) is 108 cm³/mol. The maximum atomic E-state index is 12.5. The van der Waals surface area contributed by atoms with Gasteiger partial charge in [0.2, 0.25) is 0 Å². The van der Waals surface area contributed by atoms with Crippen LogP contribution < -0.4 is 5.32 Å². The zero-order valence-electron chi connectivity index (χ0n) is 15.8. The lowest BCUT2D eigenvalue weighted by atomic mass is 9.95. The van der Waals surface area contributed by atoms with Crippen LogP contribution in [0.3, 0.4) is 0 Å². The lowest BCUT2D eigenvalue weighted by Crippen LogP contribution is -2.55. The molecule has 4 rings (SSSR count). The topological polar surface area (TPSA) is 145 Å². The number of rotatable bonds is 5. The highest BCUT2D eigenvalue weighted by molar-refractivity contribution is 7.18. The molecule has 5 N–H and O–H groups in total. The third-order valence-corrected chi connectivity index (χ3v) is 6.08. The fourth-order valence-corrected chi connectivity index (χ4v) is 4.33. The molecule has 1 fully saturated rings. The number of thiazole rings is 1. The first kappa shape index (κ1) is 20.8. The number of hydrogen-bond acceptors (Lipinski definition) is 9. The Labute approximate surface area is 175 Å². The van der Waals surface area contributed by atoms with Crippen LogP contribution in [-0.4, -0.2) is 67.3 Å². The van der Waals surface area contributed by atoms with Gasteiger partial charge in [0.25, 0.3) is 5.91 Å². The Balaban J connectivity index is 1.53. The van der Waals surface area contributed by atoms with Crippen molar-refractivity contribution in [2.24, 2.45) is 0 Å². The molecule has 10 heteroatoms. The van der Waals surface area contributed by atoms with Gasteiger partial charge in [0, 0.05) is 24.5 Å². The first-order valence-corrected chi connectivity index (χ1v) is 10.2. The number of carbonyl (C=O) groups excluding carboxylic acids is 1. The van der Waals surface area contributed by atoms with Crippen LogP contribution in [0.15, 0.2) is 42.7 Å². The van der Waals surface area contributed by atoms with E-state index in [0.717, 1.165) is 10.3 Å². The molecule has 1 saturated heterocycles. The normalized spacial score (nSPS) is 26.6. The van der Waals surface area contributed by atoms with E-state index < -0.39 is 37.1 Å². The van der Waals surface area contributed by atoms with Crippen molar-refractivity contribution >= 4 is 27.5 Å². The van der Waals surface area contributed by atoms with Gasteiger partial charge >= 0.3 is 0 Å². The van der Waals surface area contributed by atoms with Gasteiger partial charge in [-0.2, -0.15) is 0 Å². The van der Waals surface area contributed by atoms with E-state index in [-0.39, 0.29) is 5.91 Å². The summed E-state index contributed by atoms with van der Waals surface area (Å²) in [6.45, 7) is -0.161. The number of hydrogen-bond donors (Lipinski definition) is 5. The average Bonchev–Trinajstić information content (AvgIpc) is 3.20. The van der Waals surface area contributed by atoms with Gasteiger partial charge in [-0.1, -0.05) is 6.07 Å². The molecule has 0 saturated carbocycles. The molecule has 3 heterocycles. The molecule has 1 aliphatic rings. The summed E-state index contributed by atoms with van der Waals surface area (Å²) in [5.74, 6) is -0.261. The summed E-state index contributed by atoms with van der Waals surface area (Å²) < 4.78 is 6.33. The molecule has 1 aliphatic heterocycles. The lowest BCUT2D eigenvalue weighted by molar-refractivity contribution is -0.231. The smallest absolute Gasteiger partial charge is 0.251 e. The molecule has 9 nitrogen and oxygen atoms in total. The van der Waals surface area contributed by atoms with Gasteiger partial charge in [-0.15, -0.1) is 11.3 Å². The van der Waals surface area contributed by atoms with E-state index >= 15 is 0 Å². The molecule has 158 valence electrons. The largest absolute Gasteiger partial charge is 0.394 e. The molecule has 0 bridgehead atoms. The highest BCUT2D eigenvalue weighted by atomic mass is 32.1. The van der Waals surface area contributed by atoms with Gasteiger partial charge in [0.1, 0.15) is 35.5 Å². The Kier molecular flexibility index (Phi) is 6.04. The van der Waals surface area contributed by atoms with Crippen LogP contribution in [0, 0.1) is 0 Å². The molecular weight excluding hydrogens is 410 g/mol.